The Kier molecular flexibility index (Phi) is 3.78. The van der Waals surface area contributed by atoms with Gasteiger partial charge in [-0.25, -0.2) is 18.1 Å². The molecule has 0 aliphatic rings. The minimum Gasteiger partial charge on any atom is -0.398 e. The van der Waals surface area contributed by atoms with Gasteiger partial charge in [0.1, 0.15) is 4.90 Å². The Hall–Kier alpha value is -1.93. The third kappa shape index (κ3) is 2.97. The van der Waals surface area contributed by atoms with Gasteiger partial charge in [-0.3, -0.25) is 0 Å². The molecule has 0 atom stereocenters. The summed E-state index contributed by atoms with van der Waals surface area (Å²) in [5.74, 6) is -0.109. The molecule has 0 unspecified atom stereocenters. The molecule has 0 fully saturated rings. The smallest absolute Gasteiger partial charge is 0.266 e. The molecule has 0 saturated carbocycles. The second kappa shape index (κ2) is 5.22. The van der Waals surface area contributed by atoms with Crippen LogP contribution in [0.15, 0.2) is 23.1 Å². The maximum Gasteiger partial charge on any atom is 0.266 e. The fraction of sp³-hybridized carbons (Fsp3) is 0.182. The quantitative estimate of drug-likeness (QED) is 0.831. The molecule has 3 N–H and O–H groups in total. The molecule has 0 amide bonds. The van der Waals surface area contributed by atoms with Gasteiger partial charge in [0.25, 0.3) is 16.0 Å². The highest BCUT2D eigenvalue weighted by atomic mass is 35.5. The predicted molar refractivity (Wildman–Crippen MR) is 76.0 cm³/mol. The molecule has 1 aromatic carbocycles. The number of aryl methyl sites for hydroxylation is 2. The van der Waals surface area contributed by atoms with Crippen LogP contribution in [0, 0.1) is 13.8 Å². The number of benzene rings is 1. The lowest BCUT2D eigenvalue weighted by Crippen LogP contribution is -2.17. The van der Waals surface area contributed by atoms with Crippen LogP contribution in [0.4, 0.5) is 11.6 Å². The van der Waals surface area contributed by atoms with Crippen LogP contribution in [0.2, 0.25) is 5.02 Å². The lowest BCUT2D eigenvalue weighted by Gasteiger charge is -2.09. The van der Waals surface area contributed by atoms with Crippen LogP contribution in [-0.4, -0.2) is 23.6 Å². The topological polar surface area (TPSA) is 111 Å². The van der Waals surface area contributed by atoms with Crippen LogP contribution >= 0.6 is 11.6 Å². The number of halogens is 1. The highest BCUT2D eigenvalue weighted by Crippen LogP contribution is 2.23. The van der Waals surface area contributed by atoms with Crippen molar-refractivity contribution < 1.29 is 8.42 Å². The van der Waals surface area contributed by atoms with E-state index in [-0.39, 0.29) is 16.5 Å². The monoisotopic (exact) mass is 313 g/mol. The molecule has 0 aliphatic carbocycles. The van der Waals surface area contributed by atoms with Gasteiger partial charge in [0.05, 0.1) is 17.1 Å². The summed E-state index contributed by atoms with van der Waals surface area (Å²) in [6.07, 6.45) is 0. The van der Waals surface area contributed by atoms with Crippen molar-refractivity contribution in [3.05, 3.63) is 34.6 Å². The lowest BCUT2D eigenvalue weighted by atomic mass is 10.3. The van der Waals surface area contributed by atoms with E-state index in [1.807, 2.05) is 0 Å². The molecule has 1 heterocycles. The van der Waals surface area contributed by atoms with Gasteiger partial charge < -0.3 is 5.73 Å². The van der Waals surface area contributed by atoms with Crippen LogP contribution in [-0.2, 0) is 10.0 Å². The predicted octanol–water partition coefficient (Wildman–Crippen LogP) is 1.52. The first-order valence-corrected chi connectivity index (χ1v) is 7.41. The normalized spacial score (nSPS) is 11.3. The number of anilines is 2. The number of hydrogen-bond acceptors (Lipinski definition) is 6. The van der Waals surface area contributed by atoms with Crippen molar-refractivity contribution in [1.29, 1.82) is 0 Å². The van der Waals surface area contributed by atoms with Gasteiger partial charge in [-0.2, -0.15) is 5.10 Å². The molecular formula is C11H12ClN5O2S. The van der Waals surface area contributed by atoms with Gasteiger partial charge in [-0.1, -0.05) is 11.6 Å². The van der Waals surface area contributed by atoms with E-state index in [1.165, 1.54) is 18.2 Å². The van der Waals surface area contributed by atoms with Crippen LogP contribution < -0.4 is 10.5 Å². The summed E-state index contributed by atoms with van der Waals surface area (Å²) in [7, 11) is -3.89. The minimum atomic E-state index is -3.89. The van der Waals surface area contributed by atoms with Crippen LogP contribution in [0.3, 0.4) is 0 Å². The zero-order chi connectivity index (χ0) is 14.9. The first-order valence-electron chi connectivity index (χ1n) is 5.55. The van der Waals surface area contributed by atoms with Crippen molar-refractivity contribution in [2.45, 2.75) is 18.7 Å². The number of nitrogens with zero attached hydrogens (tertiary/aromatic N) is 3. The third-order valence-electron chi connectivity index (χ3n) is 2.58. The molecule has 0 radical (unpaired) electrons. The zero-order valence-electron chi connectivity index (χ0n) is 10.8. The van der Waals surface area contributed by atoms with E-state index in [4.69, 9.17) is 17.3 Å². The summed E-state index contributed by atoms with van der Waals surface area (Å²) >= 11 is 5.74. The van der Waals surface area contributed by atoms with Crippen LogP contribution in [0.5, 0.6) is 0 Å². The van der Waals surface area contributed by atoms with E-state index < -0.39 is 10.0 Å². The van der Waals surface area contributed by atoms with Crippen molar-refractivity contribution in [3.8, 4) is 0 Å². The fourth-order valence-electron chi connectivity index (χ4n) is 1.44. The number of hydrogen-bond donors (Lipinski definition) is 2. The number of nitrogens with one attached hydrogen (secondary N) is 1. The zero-order valence-corrected chi connectivity index (χ0v) is 12.3. The maximum absolute atomic E-state index is 12.2. The summed E-state index contributed by atoms with van der Waals surface area (Å²) in [6.45, 7) is 3.43. The van der Waals surface area contributed by atoms with Crippen molar-refractivity contribution >= 4 is 33.3 Å². The Morgan fingerprint density at radius 2 is 1.90 bits per heavy atom. The second-order valence-electron chi connectivity index (χ2n) is 4.09. The molecule has 9 heteroatoms. The average Bonchev–Trinajstić information content (AvgIpc) is 2.33. The Balaban J connectivity index is 2.38. The minimum absolute atomic E-state index is 0.0433. The number of nitrogens with two attached hydrogens (primary N) is 1. The summed E-state index contributed by atoms with van der Waals surface area (Å²) in [5.41, 5.74) is 6.91. The third-order valence-corrected chi connectivity index (χ3v) is 4.22. The molecule has 2 rings (SSSR count). The summed E-state index contributed by atoms with van der Waals surface area (Å²) < 4.78 is 26.6. The Morgan fingerprint density at radius 3 is 2.50 bits per heavy atom. The van der Waals surface area contributed by atoms with Crippen molar-refractivity contribution in [2.75, 3.05) is 10.5 Å². The summed E-state index contributed by atoms with van der Waals surface area (Å²) in [6, 6.07) is 4.11. The standard InChI is InChI=1S/C11H12ClN5O2S/c1-6-7(2)15-16-11(14-6)17-20(18,19)10-4-3-8(12)5-9(10)13/h3-5H,13H2,1-2H3,(H,14,16,17). The fourth-order valence-corrected chi connectivity index (χ4v) is 2.67. The molecule has 20 heavy (non-hydrogen) atoms. The lowest BCUT2D eigenvalue weighted by molar-refractivity contribution is 0.601. The van der Waals surface area contributed by atoms with Gasteiger partial charge in [-0.15, -0.1) is 5.10 Å². The van der Waals surface area contributed by atoms with Crippen LogP contribution in [0.25, 0.3) is 0 Å². The van der Waals surface area contributed by atoms with Gasteiger partial charge >= 0.3 is 0 Å². The largest absolute Gasteiger partial charge is 0.398 e. The van der Waals surface area contributed by atoms with E-state index in [0.29, 0.717) is 16.4 Å². The van der Waals surface area contributed by atoms with Gasteiger partial charge in [0.2, 0.25) is 0 Å². The molecule has 7 nitrogen and oxygen atoms in total. The van der Waals surface area contributed by atoms with Crippen molar-refractivity contribution in [3.63, 3.8) is 0 Å². The molecule has 0 bridgehead atoms. The Morgan fingerprint density at radius 1 is 1.20 bits per heavy atom. The van der Waals surface area contributed by atoms with E-state index in [0.717, 1.165) is 0 Å². The van der Waals surface area contributed by atoms with E-state index in [1.54, 1.807) is 13.8 Å². The van der Waals surface area contributed by atoms with E-state index in [2.05, 4.69) is 19.9 Å². The SMILES string of the molecule is Cc1nnc(NS(=O)(=O)c2ccc(Cl)cc2N)nc1C. The average molecular weight is 314 g/mol. The van der Waals surface area contributed by atoms with Crippen molar-refractivity contribution in [2.24, 2.45) is 0 Å². The van der Waals surface area contributed by atoms with Gasteiger partial charge in [0, 0.05) is 5.02 Å². The molecule has 0 spiro atoms. The van der Waals surface area contributed by atoms with Crippen molar-refractivity contribution in [1.82, 2.24) is 15.2 Å². The molecule has 0 saturated heterocycles. The molecule has 1 aromatic heterocycles. The van der Waals surface area contributed by atoms with E-state index >= 15 is 0 Å². The summed E-state index contributed by atoms with van der Waals surface area (Å²) in [4.78, 5) is 3.91. The molecule has 0 aliphatic heterocycles. The Bertz CT molecular complexity index is 763. The summed E-state index contributed by atoms with van der Waals surface area (Å²) in [5, 5.41) is 7.83. The maximum atomic E-state index is 12.2. The van der Waals surface area contributed by atoms with Gasteiger partial charge in [0.15, 0.2) is 0 Å². The molecule has 106 valence electrons. The number of aromatic nitrogens is 3. The second-order valence-corrected chi connectivity index (χ2v) is 6.18. The number of sulfonamides is 1. The number of nitrogen functional groups attached to an aromatic ring is 1. The molecule has 2 aromatic rings. The molecular weight excluding hydrogens is 302 g/mol. The van der Waals surface area contributed by atoms with Gasteiger partial charge in [-0.05, 0) is 32.0 Å². The van der Waals surface area contributed by atoms with E-state index in [9.17, 15) is 8.42 Å². The highest BCUT2D eigenvalue weighted by Gasteiger charge is 2.19. The Labute approximate surface area is 121 Å². The number of rotatable bonds is 3. The van der Waals surface area contributed by atoms with Crippen LogP contribution in [0.1, 0.15) is 11.4 Å². The first kappa shape index (κ1) is 14.5. The highest BCUT2D eigenvalue weighted by molar-refractivity contribution is 7.92. The first-order chi connectivity index (χ1) is 9.29.